The van der Waals surface area contributed by atoms with Gasteiger partial charge in [-0.1, -0.05) is 30.3 Å². The van der Waals surface area contributed by atoms with Gasteiger partial charge in [0.05, 0.1) is 0 Å². The third-order valence-electron chi connectivity index (χ3n) is 3.85. The van der Waals surface area contributed by atoms with Crippen LogP contribution in [0.3, 0.4) is 0 Å². The Hall–Kier alpha value is -2.76. The molecule has 0 bridgehead atoms. The highest BCUT2D eigenvalue weighted by Gasteiger charge is 2.35. The molecule has 0 unspecified atom stereocenters. The van der Waals surface area contributed by atoms with Crippen molar-refractivity contribution in [2.24, 2.45) is 5.41 Å². The first-order valence-corrected chi connectivity index (χ1v) is 7.89. The van der Waals surface area contributed by atoms with Gasteiger partial charge < -0.3 is 10.6 Å². The molecule has 0 aliphatic rings. The monoisotopic (exact) mass is 346 g/mol. The van der Waals surface area contributed by atoms with E-state index >= 15 is 0 Å². The van der Waals surface area contributed by atoms with Gasteiger partial charge in [-0.25, -0.2) is 8.78 Å². The van der Waals surface area contributed by atoms with Gasteiger partial charge in [-0.15, -0.1) is 0 Å². The molecule has 0 aromatic heterocycles. The molecule has 0 aliphatic carbocycles. The molecule has 25 heavy (non-hydrogen) atoms. The highest BCUT2D eigenvalue weighted by Crippen LogP contribution is 2.20. The molecular weight excluding hydrogens is 326 g/mol. The van der Waals surface area contributed by atoms with E-state index in [0.717, 1.165) is 17.7 Å². The average Bonchev–Trinajstić information content (AvgIpc) is 2.59. The van der Waals surface area contributed by atoms with Crippen molar-refractivity contribution in [1.29, 1.82) is 0 Å². The van der Waals surface area contributed by atoms with E-state index in [-0.39, 0.29) is 5.69 Å². The van der Waals surface area contributed by atoms with Crippen molar-refractivity contribution in [3.63, 3.8) is 0 Å². The molecule has 6 heteroatoms. The topological polar surface area (TPSA) is 58.2 Å². The molecule has 2 rings (SSSR count). The molecule has 0 atom stereocenters. The number of hydrogen-bond acceptors (Lipinski definition) is 2. The molecule has 0 saturated heterocycles. The normalized spacial score (nSPS) is 11.0. The number of benzene rings is 2. The fraction of sp³-hybridized carbons (Fsp3) is 0.263. The van der Waals surface area contributed by atoms with Gasteiger partial charge in [0, 0.05) is 18.3 Å². The van der Waals surface area contributed by atoms with E-state index in [2.05, 4.69) is 10.6 Å². The Balaban J connectivity index is 1.92. The van der Waals surface area contributed by atoms with Gasteiger partial charge in [0.2, 0.25) is 11.8 Å². The van der Waals surface area contributed by atoms with Crippen LogP contribution in [0.1, 0.15) is 19.4 Å². The minimum Gasteiger partial charge on any atom is -0.355 e. The van der Waals surface area contributed by atoms with Crippen molar-refractivity contribution in [1.82, 2.24) is 5.32 Å². The summed E-state index contributed by atoms with van der Waals surface area (Å²) >= 11 is 0. The summed E-state index contributed by atoms with van der Waals surface area (Å²) in [6.07, 6.45) is 0.646. The molecule has 0 saturated carbocycles. The molecule has 0 heterocycles. The summed E-state index contributed by atoms with van der Waals surface area (Å²) < 4.78 is 26.1. The zero-order valence-electron chi connectivity index (χ0n) is 14.1. The van der Waals surface area contributed by atoms with Crippen LogP contribution in [0.2, 0.25) is 0 Å². The predicted molar refractivity (Wildman–Crippen MR) is 91.9 cm³/mol. The lowest BCUT2D eigenvalue weighted by Gasteiger charge is -2.22. The zero-order chi connectivity index (χ0) is 18.4. The van der Waals surface area contributed by atoms with Crippen molar-refractivity contribution in [2.45, 2.75) is 20.3 Å². The van der Waals surface area contributed by atoms with E-state index in [9.17, 15) is 18.4 Å². The third kappa shape index (κ3) is 4.86. The second-order valence-electron chi connectivity index (χ2n) is 6.20. The average molecular weight is 346 g/mol. The van der Waals surface area contributed by atoms with Crippen LogP contribution in [-0.2, 0) is 16.0 Å². The van der Waals surface area contributed by atoms with Crippen LogP contribution in [0.25, 0.3) is 0 Å². The minimum atomic E-state index is -1.36. The minimum absolute atomic E-state index is 0.0917. The number of carbonyl (C=O) groups excluding carboxylic acids is 2. The lowest BCUT2D eigenvalue weighted by Crippen LogP contribution is -2.45. The van der Waals surface area contributed by atoms with Crippen LogP contribution in [0, 0.1) is 17.0 Å². The van der Waals surface area contributed by atoms with E-state index in [0.29, 0.717) is 13.0 Å². The van der Waals surface area contributed by atoms with Crippen LogP contribution >= 0.6 is 0 Å². The van der Waals surface area contributed by atoms with E-state index < -0.39 is 28.9 Å². The van der Waals surface area contributed by atoms with E-state index in [1.54, 1.807) is 0 Å². The van der Waals surface area contributed by atoms with Crippen molar-refractivity contribution in [3.8, 4) is 0 Å². The van der Waals surface area contributed by atoms with Crippen LogP contribution < -0.4 is 10.6 Å². The molecule has 2 N–H and O–H groups in total. The Kier molecular flexibility index (Phi) is 5.85. The molecule has 0 aliphatic heterocycles. The molecule has 2 amide bonds. The number of hydrogen-bond donors (Lipinski definition) is 2. The first-order chi connectivity index (χ1) is 11.8. The maximum atomic E-state index is 13.2. The summed E-state index contributed by atoms with van der Waals surface area (Å²) in [6.45, 7) is 3.34. The summed E-state index contributed by atoms with van der Waals surface area (Å²) in [5.74, 6) is -3.11. The molecule has 0 radical (unpaired) electrons. The molecule has 0 spiro atoms. The van der Waals surface area contributed by atoms with Gasteiger partial charge in [0.1, 0.15) is 5.41 Å². The summed E-state index contributed by atoms with van der Waals surface area (Å²) in [6, 6.07) is 12.7. The maximum absolute atomic E-state index is 13.2. The zero-order valence-corrected chi connectivity index (χ0v) is 14.1. The second-order valence-corrected chi connectivity index (χ2v) is 6.20. The Morgan fingerprint density at radius 1 is 0.960 bits per heavy atom. The number of halogens is 2. The van der Waals surface area contributed by atoms with E-state index in [1.165, 1.54) is 19.9 Å². The van der Waals surface area contributed by atoms with E-state index in [4.69, 9.17) is 0 Å². The summed E-state index contributed by atoms with van der Waals surface area (Å²) in [7, 11) is 0. The summed E-state index contributed by atoms with van der Waals surface area (Å²) in [5.41, 5.74) is -0.192. The molecule has 2 aromatic rings. The number of nitrogens with one attached hydrogen (secondary N) is 2. The van der Waals surface area contributed by atoms with Crippen molar-refractivity contribution in [2.75, 3.05) is 11.9 Å². The smallest absolute Gasteiger partial charge is 0.239 e. The third-order valence-corrected chi connectivity index (χ3v) is 3.85. The molecule has 0 fully saturated rings. The van der Waals surface area contributed by atoms with Crippen LogP contribution in [0.5, 0.6) is 0 Å². The van der Waals surface area contributed by atoms with Crippen molar-refractivity contribution >= 4 is 17.5 Å². The van der Waals surface area contributed by atoms with Gasteiger partial charge in [0.15, 0.2) is 11.6 Å². The number of rotatable bonds is 6. The lowest BCUT2D eigenvalue weighted by molar-refractivity contribution is -0.138. The van der Waals surface area contributed by atoms with Gasteiger partial charge in [-0.05, 0) is 38.0 Å². The first kappa shape index (κ1) is 18.6. The first-order valence-electron chi connectivity index (χ1n) is 7.89. The standard InChI is InChI=1S/C19H20F2N2O2/c1-19(2,17(24)22-11-10-13-6-4-3-5-7-13)18(25)23-14-8-9-15(20)16(21)12-14/h3-9,12H,10-11H2,1-2H3,(H,22,24)(H,23,25). The number of amides is 2. The Morgan fingerprint density at radius 2 is 1.64 bits per heavy atom. The molecule has 132 valence electrons. The largest absolute Gasteiger partial charge is 0.355 e. The Morgan fingerprint density at radius 3 is 2.28 bits per heavy atom. The summed E-state index contributed by atoms with van der Waals surface area (Å²) in [5, 5.41) is 5.16. The van der Waals surface area contributed by atoms with E-state index in [1.807, 2.05) is 30.3 Å². The van der Waals surface area contributed by atoms with Crippen LogP contribution in [-0.4, -0.2) is 18.4 Å². The van der Waals surface area contributed by atoms with Crippen LogP contribution in [0.4, 0.5) is 14.5 Å². The van der Waals surface area contributed by atoms with Crippen molar-refractivity contribution in [3.05, 3.63) is 65.7 Å². The van der Waals surface area contributed by atoms with Gasteiger partial charge in [-0.2, -0.15) is 0 Å². The highest BCUT2D eigenvalue weighted by atomic mass is 19.2. The highest BCUT2D eigenvalue weighted by molar-refractivity contribution is 6.09. The van der Waals surface area contributed by atoms with Gasteiger partial charge in [-0.3, -0.25) is 9.59 Å². The maximum Gasteiger partial charge on any atom is 0.239 e. The molecule has 2 aromatic carbocycles. The Labute approximate surface area is 145 Å². The SMILES string of the molecule is CC(C)(C(=O)NCCc1ccccc1)C(=O)Nc1ccc(F)c(F)c1. The lowest BCUT2D eigenvalue weighted by atomic mass is 9.91. The summed E-state index contributed by atoms with van der Waals surface area (Å²) in [4.78, 5) is 24.6. The van der Waals surface area contributed by atoms with Crippen LogP contribution in [0.15, 0.2) is 48.5 Å². The number of anilines is 1. The quantitative estimate of drug-likeness (QED) is 0.789. The Bertz CT molecular complexity index is 761. The fourth-order valence-corrected chi connectivity index (χ4v) is 2.15. The van der Waals surface area contributed by atoms with Gasteiger partial charge >= 0.3 is 0 Å². The fourth-order valence-electron chi connectivity index (χ4n) is 2.15. The molecule has 4 nitrogen and oxygen atoms in total. The molecular formula is C19H20F2N2O2. The van der Waals surface area contributed by atoms with Gasteiger partial charge in [0.25, 0.3) is 0 Å². The number of carbonyl (C=O) groups is 2. The predicted octanol–water partition coefficient (Wildman–Crippen LogP) is 3.29. The van der Waals surface area contributed by atoms with Crippen molar-refractivity contribution < 1.29 is 18.4 Å². The second kappa shape index (κ2) is 7.88.